The first-order valence-corrected chi connectivity index (χ1v) is 4.89. The van der Waals surface area contributed by atoms with E-state index in [4.69, 9.17) is 15.6 Å². The number of carbonyl (C=O) groups is 1. The zero-order valence-electron chi connectivity index (χ0n) is 8.76. The van der Waals surface area contributed by atoms with Gasteiger partial charge in [0.1, 0.15) is 30.0 Å². The van der Waals surface area contributed by atoms with Gasteiger partial charge in [-0.25, -0.2) is 0 Å². The second-order valence-electron chi connectivity index (χ2n) is 3.71. The summed E-state index contributed by atoms with van der Waals surface area (Å²) in [6, 6.07) is -1.13. The van der Waals surface area contributed by atoms with Gasteiger partial charge in [0, 0.05) is 0 Å². The number of carboxylic acids is 1. The van der Waals surface area contributed by atoms with Crippen molar-refractivity contribution in [3.8, 4) is 0 Å². The maximum Gasteiger partial charge on any atom is 0.145 e. The number of aliphatic hydroxyl groups is 4. The lowest BCUT2D eigenvalue weighted by molar-refractivity contribution is -0.305. The fourth-order valence-corrected chi connectivity index (χ4v) is 1.47. The predicted molar refractivity (Wildman–Crippen MR) is 51.0 cm³/mol. The third-order valence-corrected chi connectivity index (χ3v) is 2.48. The number of ether oxygens (including phenoxy) is 1. The molecule has 98 valence electrons. The van der Waals surface area contributed by atoms with Gasteiger partial charge in [-0.15, -0.1) is 0 Å². The smallest absolute Gasteiger partial charge is 0.145 e. The van der Waals surface area contributed by atoms with E-state index in [2.05, 4.69) is 0 Å². The van der Waals surface area contributed by atoms with Crippen LogP contribution < -0.4 is 10.8 Å². The lowest BCUT2D eigenvalue weighted by Gasteiger charge is -2.36. The molecule has 0 aliphatic carbocycles. The van der Waals surface area contributed by atoms with Crippen LogP contribution in [-0.2, 0) is 9.53 Å². The predicted octanol–water partition coefficient (Wildman–Crippen LogP) is -4.58. The Labute approximate surface area is 96.5 Å². The maximum absolute atomic E-state index is 10.6. The van der Waals surface area contributed by atoms with Gasteiger partial charge in [-0.3, -0.25) is 0 Å². The number of nitrogens with two attached hydrogens (primary N) is 1. The molecule has 0 fully saturated rings. The Morgan fingerprint density at radius 1 is 1.59 bits per heavy atom. The summed E-state index contributed by atoms with van der Waals surface area (Å²) in [6.07, 6.45) is -5.06. The van der Waals surface area contributed by atoms with E-state index in [1.54, 1.807) is 0 Å². The van der Waals surface area contributed by atoms with Crippen molar-refractivity contribution in [3.05, 3.63) is 11.8 Å². The molecule has 1 unspecified atom stereocenters. The highest BCUT2D eigenvalue weighted by molar-refractivity contribution is 5.82. The number of aliphatic carboxylic acids is 1. The zero-order valence-corrected chi connectivity index (χ0v) is 8.76. The van der Waals surface area contributed by atoms with Crippen LogP contribution >= 0.6 is 0 Å². The molecule has 0 bridgehead atoms. The van der Waals surface area contributed by atoms with Crippen LogP contribution in [0.3, 0.4) is 0 Å². The van der Waals surface area contributed by atoms with Crippen molar-refractivity contribution in [1.29, 1.82) is 0 Å². The Morgan fingerprint density at radius 3 is 2.65 bits per heavy atom. The summed E-state index contributed by atoms with van der Waals surface area (Å²) in [5.74, 6) is -2.35. The Kier molecular flexibility index (Phi) is 4.43. The Balaban J connectivity index is 2.87. The summed E-state index contributed by atoms with van der Waals surface area (Å²) in [5, 5.41) is 47.4. The molecule has 1 aliphatic heterocycles. The van der Waals surface area contributed by atoms with Crippen LogP contribution in [-0.4, -0.2) is 63.5 Å². The molecule has 5 atom stereocenters. The molecule has 0 saturated carbocycles. The largest absolute Gasteiger partial charge is 0.542 e. The van der Waals surface area contributed by atoms with E-state index >= 15 is 0 Å². The van der Waals surface area contributed by atoms with E-state index in [1.807, 2.05) is 0 Å². The number of rotatable bonds is 4. The van der Waals surface area contributed by atoms with Gasteiger partial charge in [0.2, 0.25) is 0 Å². The van der Waals surface area contributed by atoms with Crippen LogP contribution in [0.1, 0.15) is 0 Å². The van der Waals surface area contributed by atoms with Crippen LogP contribution in [0.5, 0.6) is 0 Å². The van der Waals surface area contributed by atoms with Crippen molar-refractivity contribution in [3.63, 3.8) is 0 Å². The minimum absolute atomic E-state index is 0.673. The Morgan fingerprint density at radius 2 is 2.18 bits per heavy atom. The van der Waals surface area contributed by atoms with Gasteiger partial charge in [-0.05, 0) is 6.08 Å². The SMILES string of the molecule is N[C@H]1C([C@H](O)[C@H](O)CO)OC(C(=O)[O-])=C[C@H]1O. The van der Waals surface area contributed by atoms with Gasteiger partial charge in [-0.2, -0.15) is 0 Å². The topological polar surface area (TPSA) is 156 Å². The highest BCUT2D eigenvalue weighted by Gasteiger charge is 2.39. The lowest BCUT2D eigenvalue weighted by Crippen LogP contribution is -2.57. The molecule has 8 heteroatoms. The molecule has 1 aliphatic rings. The van der Waals surface area contributed by atoms with E-state index in [0.717, 1.165) is 6.08 Å². The highest BCUT2D eigenvalue weighted by Crippen LogP contribution is 2.20. The maximum atomic E-state index is 10.6. The average molecular weight is 248 g/mol. The minimum Gasteiger partial charge on any atom is -0.542 e. The van der Waals surface area contributed by atoms with E-state index in [0.29, 0.717) is 0 Å². The van der Waals surface area contributed by atoms with E-state index in [9.17, 15) is 25.2 Å². The van der Waals surface area contributed by atoms with Crippen LogP contribution in [0.2, 0.25) is 0 Å². The first-order valence-electron chi connectivity index (χ1n) is 4.89. The highest BCUT2D eigenvalue weighted by atomic mass is 16.5. The van der Waals surface area contributed by atoms with Crippen molar-refractivity contribution in [2.24, 2.45) is 5.73 Å². The number of hydrogen-bond acceptors (Lipinski definition) is 8. The summed E-state index contributed by atoms with van der Waals surface area (Å²) in [7, 11) is 0. The summed E-state index contributed by atoms with van der Waals surface area (Å²) >= 11 is 0. The molecule has 0 radical (unpaired) electrons. The molecule has 0 aromatic rings. The summed E-state index contributed by atoms with van der Waals surface area (Å²) in [4.78, 5) is 10.6. The standard InChI is InChI=1S/C9H15NO7/c10-6-3(12)1-5(9(15)16)17-8(6)7(14)4(13)2-11/h1,3-4,6-8,11-14H,2,10H2,(H,15,16)/p-1/t3-,4-,6-,7-,8?/m1/s1. The zero-order chi connectivity index (χ0) is 13.2. The molecule has 8 nitrogen and oxygen atoms in total. The first kappa shape index (κ1) is 13.9. The molecular formula is C9H14NO7-. The normalized spacial score (nSPS) is 32.3. The van der Waals surface area contributed by atoms with Crippen molar-refractivity contribution in [1.82, 2.24) is 0 Å². The van der Waals surface area contributed by atoms with Gasteiger partial charge >= 0.3 is 0 Å². The number of hydrogen-bond donors (Lipinski definition) is 5. The summed E-state index contributed by atoms with van der Waals surface area (Å²) < 4.78 is 4.81. The molecule has 17 heavy (non-hydrogen) atoms. The third kappa shape index (κ3) is 2.93. The second-order valence-corrected chi connectivity index (χ2v) is 3.71. The average Bonchev–Trinajstić information content (AvgIpc) is 2.30. The molecule has 0 amide bonds. The Hall–Kier alpha value is -1.19. The van der Waals surface area contributed by atoms with E-state index < -0.39 is 48.8 Å². The van der Waals surface area contributed by atoms with Crippen LogP contribution in [0.4, 0.5) is 0 Å². The van der Waals surface area contributed by atoms with Crippen molar-refractivity contribution in [2.45, 2.75) is 30.5 Å². The third-order valence-electron chi connectivity index (χ3n) is 2.48. The first-order chi connectivity index (χ1) is 7.88. The van der Waals surface area contributed by atoms with Gasteiger partial charge in [-0.1, -0.05) is 0 Å². The summed E-state index contributed by atoms with van der Waals surface area (Å²) in [6.45, 7) is -0.756. The second kappa shape index (κ2) is 5.43. The van der Waals surface area contributed by atoms with Crippen molar-refractivity contribution in [2.75, 3.05) is 6.61 Å². The molecule has 0 spiro atoms. The summed E-state index contributed by atoms with van der Waals surface area (Å²) in [5.41, 5.74) is 5.49. The molecular weight excluding hydrogens is 234 g/mol. The van der Waals surface area contributed by atoms with Gasteiger partial charge in [0.15, 0.2) is 0 Å². The number of carbonyl (C=O) groups excluding carboxylic acids is 1. The number of carboxylic acid groups (broad SMARTS) is 1. The van der Waals surface area contributed by atoms with E-state index in [1.165, 1.54) is 0 Å². The number of aliphatic hydroxyl groups excluding tert-OH is 4. The monoisotopic (exact) mass is 248 g/mol. The Bertz CT molecular complexity index is 318. The van der Waals surface area contributed by atoms with Gasteiger partial charge in [0.25, 0.3) is 0 Å². The molecule has 0 aromatic heterocycles. The van der Waals surface area contributed by atoms with Crippen LogP contribution in [0, 0.1) is 0 Å². The minimum atomic E-state index is -1.67. The fourth-order valence-electron chi connectivity index (χ4n) is 1.47. The molecule has 0 aromatic carbocycles. The van der Waals surface area contributed by atoms with Gasteiger partial charge in [0.05, 0.1) is 18.8 Å². The quantitative estimate of drug-likeness (QED) is 0.333. The van der Waals surface area contributed by atoms with E-state index in [-0.39, 0.29) is 0 Å². The molecule has 1 rings (SSSR count). The molecule has 6 N–H and O–H groups in total. The van der Waals surface area contributed by atoms with Crippen molar-refractivity contribution < 1.29 is 35.1 Å². The van der Waals surface area contributed by atoms with Crippen LogP contribution in [0.25, 0.3) is 0 Å². The van der Waals surface area contributed by atoms with Gasteiger partial charge < -0.3 is 40.8 Å². The van der Waals surface area contributed by atoms with Crippen molar-refractivity contribution >= 4 is 5.97 Å². The fraction of sp³-hybridized carbons (Fsp3) is 0.667. The van der Waals surface area contributed by atoms with Crippen LogP contribution in [0.15, 0.2) is 11.8 Å². The molecule has 1 heterocycles. The molecule has 0 saturated heterocycles. The lowest BCUT2D eigenvalue weighted by atomic mass is 9.95.